The number of aromatic amines is 1. The molecule has 2 N–H and O–H groups in total. The molecule has 0 spiro atoms. The summed E-state index contributed by atoms with van der Waals surface area (Å²) in [7, 11) is 0. The number of anilines is 1. The third kappa shape index (κ3) is 4.99. The Bertz CT molecular complexity index is 887. The van der Waals surface area contributed by atoms with Crippen LogP contribution in [0.15, 0.2) is 54.6 Å². The molecule has 0 radical (unpaired) electrons. The maximum atomic E-state index is 6.00. The van der Waals surface area contributed by atoms with Crippen molar-refractivity contribution in [2.24, 2.45) is 0 Å². The number of hydrogen-bond donors (Lipinski definition) is 2. The number of aromatic nitrogens is 1. The van der Waals surface area contributed by atoms with E-state index in [0.29, 0.717) is 0 Å². The van der Waals surface area contributed by atoms with E-state index in [-0.39, 0.29) is 5.41 Å². The number of nitrogens with one attached hydrogen (secondary N) is 2. The molecule has 0 bridgehead atoms. The topological polar surface area (TPSA) is 27.8 Å². The first-order chi connectivity index (χ1) is 13.4. The van der Waals surface area contributed by atoms with E-state index in [1.165, 1.54) is 28.1 Å². The average Bonchev–Trinajstić information content (AvgIpc) is 3.04. The standard InChI is InChI=1S/C25H31ClN2/c1-5-21-22(16-11-18-9-7-6-8-10-18)24(25(2,3)4)28-23(21)17-27-20-14-12-19(26)13-15-20/h6-10,12-15,27-28H,5,11,16-17H2,1-4H3. The van der Waals surface area contributed by atoms with Crippen molar-refractivity contribution in [3.05, 3.63) is 87.7 Å². The van der Waals surface area contributed by atoms with E-state index in [2.05, 4.69) is 68.3 Å². The molecule has 0 aliphatic carbocycles. The quantitative estimate of drug-likeness (QED) is 0.447. The van der Waals surface area contributed by atoms with Crippen molar-refractivity contribution in [2.75, 3.05) is 5.32 Å². The Balaban J connectivity index is 1.85. The zero-order chi connectivity index (χ0) is 20.1. The highest BCUT2D eigenvalue weighted by atomic mass is 35.5. The summed E-state index contributed by atoms with van der Waals surface area (Å²) in [6.45, 7) is 9.93. The Kier molecular flexibility index (Phi) is 6.51. The normalized spacial score (nSPS) is 11.6. The molecule has 148 valence electrons. The lowest BCUT2D eigenvalue weighted by Gasteiger charge is -2.20. The third-order valence-corrected chi connectivity index (χ3v) is 5.48. The first-order valence-corrected chi connectivity index (χ1v) is 10.5. The van der Waals surface area contributed by atoms with Crippen LogP contribution in [0, 0.1) is 0 Å². The van der Waals surface area contributed by atoms with Gasteiger partial charge < -0.3 is 10.3 Å². The lowest BCUT2D eigenvalue weighted by Crippen LogP contribution is -2.15. The summed E-state index contributed by atoms with van der Waals surface area (Å²) in [5, 5.41) is 4.30. The minimum atomic E-state index is 0.0917. The molecule has 0 saturated carbocycles. The smallest absolute Gasteiger partial charge is 0.0554 e. The van der Waals surface area contributed by atoms with Crippen molar-refractivity contribution in [1.82, 2.24) is 4.98 Å². The van der Waals surface area contributed by atoms with Crippen LogP contribution in [-0.4, -0.2) is 4.98 Å². The second-order valence-corrected chi connectivity index (χ2v) is 8.82. The molecule has 1 heterocycles. The SMILES string of the molecule is CCc1c(CNc2ccc(Cl)cc2)[nH]c(C(C)(C)C)c1CCc1ccccc1. The molecular formula is C25H31ClN2. The van der Waals surface area contributed by atoms with Crippen LogP contribution >= 0.6 is 11.6 Å². The number of halogens is 1. The van der Waals surface area contributed by atoms with E-state index < -0.39 is 0 Å². The van der Waals surface area contributed by atoms with Crippen LogP contribution < -0.4 is 5.32 Å². The molecule has 0 amide bonds. The molecule has 0 fully saturated rings. The van der Waals surface area contributed by atoms with Gasteiger partial charge in [0.25, 0.3) is 0 Å². The first-order valence-electron chi connectivity index (χ1n) is 10.1. The van der Waals surface area contributed by atoms with Crippen LogP contribution in [0.5, 0.6) is 0 Å². The van der Waals surface area contributed by atoms with Gasteiger partial charge in [0.15, 0.2) is 0 Å². The van der Waals surface area contributed by atoms with Crippen molar-refractivity contribution >= 4 is 17.3 Å². The molecule has 0 aliphatic rings. The van der Waals surface area contributed by atoms with Gasteiger partial charge in [-0.15, -0.1) is 0 Å². The van der Waals surface area contributed by atoms with E-state index in [1.54, 1.807) is 0 Å². The molecule has 3 rings (SSSR count). The van der Waals surface area contributed by atoms with Gasteiger partial charge in [0, 0.05) is 27.5 Å². The number of aryl methyl sites for hydroxylation is 1. The predicted octanol–water partition coefficient (Wildman–Crippen LogP) is 6.93. The molecular weight excluding hydrogens is 364 g/mol. The summed E-state index contributed by atoms with van der Waals surface area (Å²) in [5.41, 5.74) is 8.19. The summed E-state index contributed by atoms with van der Waals surface area (Å²) >= 11 is 6.00. The highest BCUT2D eigenvalue weighted by Crippen LogP contribution is 2.31. The van der Waals surface area contributed by atoms with Crippen LogP contribution in [0.2, 0.25) is 5.02 Å². The highest BCUT2D eigenvalue weighted by molar-refractivity contribution is 6.30. The summed E-state index contributed by atoms with van der Waals surface area (Å²) in [4.78, 5) is 3.77. The van der Waals surface area contributed by atoms with Gasteiger partial charge in [0.1, 0.15) is 0 Å². The summed E-state index contributed by atoms with van der Waals surface area (Å²) < 4.78 is 0. The van der Waals surface area contributed by atoms with Crippen molar-refractivity contribution in [3.63, 3.8) is 0 Å². The van der Waals surface area contributed by atoms with E-state index in [1.807, 2.05) is 24.3 Å². The number of H-pyrrole nitrogens is 1. The molecule has 3 heteroatoms. The van der Waals surface area contributed by atoms with Crippen molar-refractivity contribution < 1.29 is 0 Å². The zero-order valence-corrected chi connectivity index (χ0v) is 18.2. The Morgan fingerprint density at radius 2 is 1.57 bits per heavy atom. The Labute approximate surface area is 174 Å². The molecule has 0 saturated heterocycles. The fourth-order valence-electron chi connectivity index (χ4n) is 3.80. The van der Waals surface area contributed by atoms with E-state index in [4.69, 9.17) is 11.6 Å². The van der Waals surface area contributed by atoms with Crippen molar-refractivity contribution in [1.29, 1.82) is 0 Å². The van der Waals surface area contributed by atoms with Crippen LogP contribution in [0.3, 0.4) is 0 Å². The molecule has 28 heavy (non-hydrogen) atoms. The highest BCUT2D eigenvalue weighted by Gasteiger charge is 2.24. The van der Waals surface area contributed by atoms with Gasteiger partial charge in [-0.25, -0.2) is 0 Å². The van der Waals surface area contributed by atoms with E-state index in [0.717, 1.165) is 36.5 Å². The predicted molar refractivity (Wildman–Crippen MR) is 121 cm³/mol. The van der Waals surface area contributed by atoms with E-state index in [9.17, 15) is 0 Å². The van der Waals surface area contributed by atoms with Crippen LogP contribution in [0.25, 0.3) is 0 Å². The molecule has 3 aromatic rings. The summed E-state index contributed by atoms with van der Waals surface area (Å²) in [5.74, 6) is 0. The Hall–Kier alpha value is -2.19. The Morgan fingerprint density at radius 3 is 2.18 bits per heavy atom. The number of rotatable bonds is 7. The molecule has 0 unspecified atom stereocenters. The van der Waals surface area contributed by atoms with Gasteiger partial charge in [0.05, 0.1) is 6.54 Å². The first kappa shape index (κ1) is 20.5. The fourth-order valence-corrected chi connectivity index (χ4v) is 3.93. The van der Waals surface area contributed by atoms with Crippen molar-refractivity contribution in [2.45, 2.75) is 58.9 Å². The van der Waals surface area contributed by atoms with Gasteiger partial charge in [-0.05, 0) is 60.2 Å². The minimum Gasteiger partial charge on any atom is -0.379 e. The van der Waals surface area contributed by atoms with Crippen molar-refractivity contribution in [3.8, 4) is 0 Å². The monoisotopic (exact) mass is 394 g/mol. The largest absolute Gasteiger partial charge is 0.379 e. The molecule has 0 aliphatic heterocycles. The summed E-state index contributed by atoms with van der Waals surface area (Å²) in [6, 6.07) is 18.7. The van der Waals surface area contributed by atoms with Gasteiger partial charge in [-0.2, -0.15) is 0 Å². The second-order valence-electron chi connectivity index (χ2n) is 8.39. The Morgan fingerprint density at radius 1 is 0.893 bits per heavy atom. The number of benzene rings is 2. The average molecular weight is 395 g/mol. The third-order valence-electron chi connectivity index (χ3n) is 5.23. The van der Waals surface area contributed by atoms with Gasteiger partial charge in [-0.3, -0.25) is 0 Å². The van der Waals surface area contributed by atoms with E-state index >= 15 is 0 Å². The lowest BCUT2D eigenvalue weighted by atomic mass is 9.86. The maximum absolute atomic E-state index is 6.00. The van der Waals surface area contributed by atoms with Crippen LogP contribution in [-0.2, 0) is 31.2 Å². The molecule has 0 atom stereocenters. The van der Waals surface area contributed by atoms with Crippen LogP contribution in [0.1, 0.15) is 55.8 Å². The maximum Gasteiger partial charge on any atom is 0.0554 e. The molecule has 1 aromatic heterocycles. The number of hydrogen-bond acceptors (Lipinski definition) is 1. The molecule has 2 nitrogen and oxygen atoms in total. The zero-order valence-electron chi connectivity index (χ0n) is 17.4. The van der Waals surface area contributed by atoms with Crippen LogP contribution in [0.4, 0.5) is 5.69 Å². The van der Waals surface area contributed by atoms with Gasteiger partial charge >= 0.3 is 0 Å². The summed E-state index contributed by atoms with van der Waals surface area (Å²) in [6.07, 6.45) is 3.17. The molecule has 2 aromatic carbocycles. The lowest BCUT2D eigenvalue weighted by molar-refractivity contribution is 0.563. The van der Waals surface area contributed by atoms with Gasteiger partial charge in [0.2, 0.25) is 0 Å². The fraction of sp³-hybridized carbons (Fsp3) is 0.360. The second kappa shape index (κ2) is 8.87. The minimum absolute atomic E-state index is 0.0917. The van der Waals surface area contributed by atoms with Gasteiger partial charge in [-0.1, -0.05) is 69.6 Å².